The van der Waals surface area contributed by atoms with Crippen molar-refractivity contribution < 1.29 is 19.2 Å². The van der Waals surface area contributed by atoms with Gasteiger partial charge in [0.25, 0.3) is 5.69 Å². The third-order valence-electron chi connectivity index (χ3n) is 3.75. The minimum absolute atomic E-state index is 0.0264. The van der Waals surface area contributed by atoms with Gasteiger partial charge in [-0.3, -0.25) is 10.1 Å². The molecule has 2 amide bonds. The number of carbonyl (C=O) groups excluding carboxylic acids is 1. The molecule has 0 bridgehead atoms. The zero-order valence-corrected chi connectivity index (χ0v) is 14.0. The van der Waals surface area contributed by atoms with Crippen LogP contribution in [0.1, 0.15) is 43.7 Å². The molecule has 0 saturated heterocycles. The van der Waals surface area contributed by atoms with Gasteiger partial charge in [0.1, 0.15) is 11.9 Å². The van der Waals surface area contributed by atoms with Gasteiger partial charge in [-0.25, -0.2) is 4.79 Å². The molecule has 0 fully saturated rings. The maximum atomic E-state index is 12.1. The number of hydrogen-bond donors (Lipinski definition) is 3. The quantitative estimate of drug-likeness (QED) is 0.525. The van der Waals surface area contributed by atoms with Crippen LogP contribution in [0.2, 0.25) is 0 Å². The van der Waals surface area contributed by atoms with Crippen LogP contribution < -0.4 is 10.6 Å². The molecule has 0 aliphatic heterocycles. The van der Waals surface area contributed by atoms with E-state index in [1.807, 2.05) is 0 Å². The molecule has 3 atom stereocenters. The van der Waals surface area contributed by atoms with Gasteiger partial charge in [-0.15, -0.1) is 0 Å². The van der Waals surface area contributed by atoms with Gasteiger partial charge in [0.2, 0.25) is 0 Å². The van der Waals surface area contributed by atoms with Gasteiger partial charge in [0, 0.05) is 24.6 Å². The second-order valence-electron chi connectivity index (χ2n) is 5.86. The van der Waals surface area contributed by atoms with Crippen molar-refractivity contribution in [3.05, 3.63) is 64.1 Å². The van der Waals surface area contributed by atoms with Crippen LogP contribution in [-0.4, -0.2) is 22.1 Å². The van der Waals surface area contributed by atoms with Gasteiger partial charge in [0.15, 0.2) is 0 Å². The third kappa shape index (κ3) is 5.32. The molecule has 2 aromatic rings. The highest BCUT2D eigenvalue weighted by Crippen LogP contribution is 2.20. The fraction of sp³-hybridized carbons (Fsp3) is 0.353. The molecular weight excluding hydrogens is 326 g/mol. The number of aliphatic hydroxyl groups excluding tert-OH is 1. The molecule has 25 heavy (non-hydrogen) atoms. The van der Waals surface area contributed by atoms with E-state index in [9.17, 15) is 20.0 Å². The van der Waals surface area contributed by atoms with Crippen molar-refractivity contribution in [2.75, 3.05) is 0 Å². The molecule has 0 spiro atoms. The fourth-order valence-corrected chi connectivity index (χ4v) is 2.44. The first-order chi connectivity index (χ1) is 11.9. The van der Waals surface area contributed by atoms with Gasteiger partial charge in [-0.2, -0.15) is 0 Å². The highest BCUT2D eigenvalue weighted by atomic mass is 16.6. The highest BCUT2D eigenvalue weighted by molar-refractivity contribution is 5.74. The normalized spacial score (nSPS) is 14.4. The number of nitrogens with one attached hydrogen (secondary N) is 2. The largest absolute Gasteiger partial charge is 0.467 e. The van der Waals surface area contributed by atoms with E-state index in [-0.39, 0.29) is 11.7 Å². The van der Waals surface area contributed by atoms with Crippen LogP contribution >= 0.6 is 0 Å². The number of urea groups is 1. The van der Waals surface area contributed by atoms with E-state index in [1.54, 1.807) is 38.1 Å². The molecule has 3 unspecified atom stereocenters. The molecule has 3 N–H and O–H groups in total. The Labute approximate surface area is 145 Å². The van der Waals surface area contributed by atoms with Crippen LogP contribution in [0.3, 0.4) is 0 Å². The minimum Gasteiger partial charge on any atom is -0.467 e. The summed E-state index contributed by atoms with van der Waals surface area (Å²) in [6, 6.07) is 8.35. The first-order valence-corrected chi connectivity index (χ1v) is 7.89. The van der Waals surface area contributed by atoms with E-state index in [4.69, 9.17) is 4.42 Å². The Morgan fingerprint density at radius 1 is 1.28 bits per heavy atom. The first kappa shape index (κ1) is 18.5. The number of nitrogens with zero attached hydrogens (tertiary/aromatic N) is 1. The number of benzene rings is 1. The summed E-state index contributed by atoms with van der Waals surface area (Å²) in [6.07, 6.45) is 0.968. The lowest BCUT2D eigenvalue weighted by Crippen LogP contribution is -2.42. The number of furan rings is 1. The van der Waals surface area contributed by atoms with E-state index in [2.05, 4.69) is 10.6 Å². The maximum absolute atomic E-state index is 12.1. The van der Waals surface area contributed by atoms with Crippen molar-refractivity contribution in [2.24, 2.45) is 0 Å². The smallest absolute Gasteiger partial charge is 0.315 e. The number of nitro benzene ring substituents is 1. The number of nitro groups is 1. The van der Waals surface area contributed by atoms with Crippen molar-refractivity contribution >= 4 is 11.7 Å². The average molecular weight is 347 g/mol. The Morgan fingerprint density at radius 2 is 2.04 bits per heavy atom. The van der Waals surface area contributed by atoms with Crippen LogP contribution in [0.15, 0.2) is 47.1 Å². The molecule has 1 heterocycles. The number of rotatable bonds is 7. The summed E-state index contributed by atoms with van der Waals surface area (Å²) in [6.45, 7) is 3.50. The van der Waals surface area contributed by atoms with Crippen LogP contribution in [-0.2, 0) is 0 Å². The Bertz CT molecular complexity index is 717. The molecule has 0 radical (unpaired) electrons. The summed E-state index contributed by atoms with van der Waals surface area (Å²) >= 11 is 0. The Hall–Kier alpha value is -2.87. The lowest BCUT2D eigenvalue weighted by molar-refractivity contribution is -0.384. The summed E-state index contributed by atoms with van der Waals surface area (Å²) in [4.78, 5) is 22.4. The van der Waals surface area contributed by atoms with Crippen molar-refractivity contribution in [2.45, 2.75) is 38.5 Å². The average Bonchev–Trinajstić information content (AvgIpc) is 3.09. The lowest BCUT2D eigenvalue weighted by Gasteiger charge is -2.20. The predicted octanol–water partition coefficient (Wildman–Crippen LogP) is 3.06. The minimum atomic E-state index is -0.806. The second-order valence-corrected chi connectivity index (χ2v) is 5.86. The van der Waals surface area contributed by atoms with Crippen molar-refractivity contribution in [3.63, 3.8) is 0 Å². The SMILES string of the molecule is CC(CC(O)c1ccco1)NC(=O)NC(C)c1cccc([N+](=O)[O-])c1. The van der Waals surface area contributed by atoms with Crippen molar-refractivity contribution in [1.82, 2.24) is 10.6 Å². The van der Waals surface area contributed by atoms with Crippen LogP contribution in [0.5, 0.6) is 0 Å². The number of amides is 2. The molecule has 0 aliphatic rings. The zero-order chi connectivity index (χ0) is 18.4. The van der Waals surface area contributed by atoms with Crippen LogP contribution in [0.4, 0.5) is 10.5 Å². The van der Waals surface area contributed by atoms with Gasteiger partial charge in [-0.1, -0.05) is 12.1 Å². The van der Waals surface area contributed by atoms with E-state index in [1.165, 1.54) is 18.4 Å². The second kappa shape index (κ2) is 8.29. The Kier molecular flexibility index (Phi) is 6.13. The standard InChI is InChI=1S/C17H21N3O5/c1-11(9-15(21)16-7-4-8-25-16)18-17(22)19-12(2)13-5-3-6-14(10-13)20(23)24/h3-8,10-12,15,21H,9H2,1-2H3,(H2,18,19,22). The molecule has 8 nitrogen and oxygen atoms in total. The molecule has 1 aromatic heterocycles. The Morgan fingerprint density at radius 3 is 2.68 bits per heavy atom. The van der Waals surface area contributed by atoms with E-state index >= 15 is 0 Å². The molecule has 0 aliphatic carbocycles. The molecule has 134 valence electrons. The monoisotopic (exact) mass is 347 g/mol. The number of aliphatic hydroxyl groups is 1. The fourth-order valence-electron chi connectivity index (χ4n) is 2.44. The molecule has 0 saturated carbocycles. The maximum Gasteiger partial charge on any atom is 0.315 e. The predicted molar refractivity (Wildman–Crippen MR) is 90.9 cm³/mol. The van der Waals surface area contributed by atoms with Gasteiger partial charge < -0.3 is 20.2 Å². The summed E-state index contributed by atoms with van der Waals surface area (Å²) in [5.41, 5.74) is 0.606. The van der Waals surface area contributed by atoms with Crippen LogP contribution in [0.25, 0.3) is 0 Å². The molecule has 2 rings (SSSR count). The highest BCUT2D eigenvalue weighted by Gasteiger charge is 2.18. The van der Waals surface area contributed by atoms with E-state index in [0.717, 1.165) is 0 Å². The Balaban J connectivity index is 1.86. The number of non-ortho nitro benzene ring substituents is 1. The summed E-state index contributed by atoms with van der Waals surface area (Å²) in [5.74, 6) is 0.444. The zero-order valence-electron chi connectivity index (χ0n) is 14.0. The summed E-state index contributed by atoms with van der Waals surface area (Å²) in [5, 5.41) is 26.3. The summed E-state index contributed by atoms with van der Waals surface area (Å²) < 4.78 is 5.12. The third-order valence-corrected chi connectivity index (χ3v) is 3.75. The van der Waals surface area contributed by atoms with Crippen molar-refractivity contribution in [3.8, 4) is 0 Å². The molecule has 8 heteroatoms. The topological polar surface area (TPSA) is 118 Å². The van der Waals surface area contributed by atoms with E-state index in [0.29, 0.717) is 17.7 Å². The number of carbonyl (C=O) groups is 1. The summed E-state index contributed by atoms with van der Waals surface area (Å²) in [7, 11) is 0. The molecule has 1 aromatic carbocycles. The van der Waals surface area contributed by atoms with Crippen LogP contribution in [0, 0.1) is 10.1 Å². The lowest BCUT2D eigenvalue weighted by atomic mass is 10.1. The first-order valence-electron chi connectivity index (χ1n) is 7.89. The number of hydrogen-bond acceptors (Lipinski definition) is 5. The van der Waals surface area contributed by atoms with Crippen molar-refractivity contribution in [1.29, 1.82) is 0 Å². The molecular formula is C17H21N3O5. The van der Waals surface area contributed by atoms with Gasteiger partial charge in [0.05, 0.1) is 17.2 Å². The van der Waals surface area contributed by atoms with Gasteiger partial charge >= 0.3 is 6.03 Å². The van der Waals surface area contributed by atoms with E-state index < -0.39 is 23.1 Å². The van der Waals surface area contributed by atoms with Gasteiger partial charge in [-0.05, 0) is 31.5 Å².